The van der Waals surface area contributed by atoms with E-state index in [0.29, 0.717) is 18.0 Å². The van der Waals surface area contributed by atoms with Crippen molar-refractivity contribution >= 4 is 47.8 Å². The van der Waals surface area contributed by atoms with E-state index >= 15 is 0 Å². The first-order chi connectivity index (χ1) is 22.7. The number of hydroxylamine groups is 2. The molecule has 254 valence electrons. The second-order valence-corrected chi connectivity index (χ2v) is 14.9. The van der Waals surface area contributed by atoms with Crippen LogP contribution in [-0.4, -0.2) is 46.2 Å². The third kappa shape index (κ3) is 7.95. The second-order valence-electron chi connectivity index (χ2n) is 13.4. The molecule has 3 heterocycles. The van der Waals surface area contributed by atoms with Gasteiger partial charge in [0, 0.05) is 66.7 Å². The van der Waals surface area contributed by atoms with Gasteiger partial charge in [0.05, 0.1) is 5.41 Å². The van der Waals surface area contributed by atoms with Crippen LogP contribution in [0.4, 0.5) is 11.4 Å². The summed E-state index contributed by atoms with van der Waals surface area (Å²) in [4.78, 5) is 66.2. The number of imide groups is 1. The number of allylic oxidation sites excluding steroid dienone is 6. The van der Waals surface area contributed by atoms with Gasteiger partial charge in [-0.3, -0.25) is 9.59 Å². The summed E-state index contributed by atoms with van der Waals surface area (Å²) in [5.41, 5.74) is 5.55. The topological polar surface area (TPSA) is 133 Å². The quantitative estimate of drug-likeness (QED) is 0.0817. The first-order valence-corrected chi connectivity index (χ1v) is 18.0. The Kier molecular flexibility index (Phi) is 12.2. The third-order valence-corrected chi connectivity index (χ3v) is 10.4. The Morgan fingerprint density at radius 2 is 1.63 bits per heavy atom. The Morgan fingerprint density at radius 3 is 2.31 bits per heavy atom. The summed E-state index contributed by atoms with van der Waals surface area (Å²) in [5.74, 6) is -1.52. The molecule has 0 aliphatic carbocycles. The molecule has 0 spiro atoms. The number of amides is 2. The van der Waals surface area contributed by atoms with Gasteiger partial charge in [0.15, 0.2) is 5.71 Å². The number of rotatable bonds is 12. The van der Waals surface area contributed by atoms with E-state index < -0.39 is 30.8 Å². The van der Waals surface area contributed by atoms with Gasteiger partial charge < -0.3 is 24.1 Å². The molecule has 2 aromatic rings. The maximum Gasteiger partial charge on any atom is 1.00 e. The summed E-state index contributed by atoms with van der Waals surface area (Å²) < 4.78 is 14.1. The van der Waals surface area contributed by atoms with Crippen LogP contribution in [0.1, 0.15) is 84.3 Å². The predicted octanol–water partition coefficient (Wildman–Crippen LogP) is 1.59. The van der Waals surface area contributed by atoms with Crippen molar-refractivity contribution < 1.29 is 67.7 Å². The molecule has 0 bridgehead atoms. The van der Waals surface area contributed by atoms with Gasteiger partial charge in [-0.1, -0.05) is 56.3 Å². The van der Waals surface area contributed by atoms with Crippen molar-refractivity contribution in [2.75, 3.05) is 18.0 Å². The number of nitrogens with zero attached hydrogens (tertiary/aromatic N) is 3. The van der Waals surface area contributed by atoms with Crippen molar-refractivity contribution in [1.29, 1.82) is 0 Å². The molecule has 3 aliphatic heterocycles. The second kappa shape index (κ2) is 15.4. The molecular weight excluding hydrogens is 652 g/mol. The number of benzene rings is 2. The molecule has 49 heavy (non-hydrogen) atoms. The Bertz CT molecular complexity index is 1790. The normalized spacial score (nSPS) is 19.0. The molecule has 0 unspecified atom stereocenters. The molecule has 2 amide bonds. The Balaban J connectivity index is 0.00000541. The Labute approximate surface area is 310 Å². The maximum atomic E-state index is 12.2. The van der Waals surface area contributed by atoms with Gasteiger partial charge in [-0.25, -0.2) is 4.79 Å². The van der Waals surface area contributed by atoms with Crippen molar-refractivity contribution in [3.63, 3.8) is 0 Å². The van der Waals surface area contributed by atoms with E-state index in [0.717, 1.165) is 47.7 Å². The standard InChI is InChI=1S/C37H44N3O7P.Na/c1-6-38-30-21-20-26(48(44,45)46)25-28(30)37(4,5)31(38)17-9-7-10-18-32-36(2,3)27-15-12-13-16-29(27)39(32)24-14-8-11-19-35(43)47-40-33(41)22-23-34(40)42;/h7,9-10,12-13,15-18,20-21,25H,6,8,11,14,19,22-24H2,1-5H3,(H-,44,45,46);/q;+1/p-1. The van der Waals surface area contributed by atoms with E-state index in [2.05, 4.69) is 47.6 Å². The first-order valence-electron chi connectivity index (χ1n) is 16.5. The van der Waals surface area contributed by atoms with Gasteiger partial charge in [0.25, 0.3) is 11.8 Å². The molecular formula is C37H43N3NaO7P. The van der Waals surface area contributed by atoms with E-state index in [4.69, 9.17) is 4.84 Å². The van der Waals surface area contributed by atoms with Gasteiger partial charge in [-0.2, -0.15) is 4.58 Å². The molecule has 12 heteroatoms. The Morgan fingerprint density at radius 1 is 0.939 bits per heavy atom. The minimum atomic E-state index is -4.86. The van der Waals surface area contributed by atoms with Gasteiger partial charge in [0.1, 0.15) is 6.54 Å². The molecule has 1 saturated heterocycles. The third-order valence-electron chi connectivity index (χ3n) is 9.50. The van der Waals surface area contributed by atoms with E-state index in [1.807, 2.05) is 51.1 Å². The zero-order valence-electron chi connectivity index (χ0n) is 29.2. The van der Waals surface area contributed by atoms with Crippen molar-refractivity contribution in [1.82, 2.24) is 5.06 Å². The summed E-state index contributed by atoms with van der Waals surface area (Å²) in [7, 11) is -4.86. The fourth-order valence-corrected chi connectivity index (χ4v) is 7.48. The number of hydrogen-bond acceptors (Lipinski definition) is 8. The molecule has 0 atom stereocenters. The summed E-state index contributed by atoms with van der Waals surface area (Å²) in [6, 6.07) is 13.0. The number of carbonyl (C=O) groups excluding carboxylic acids is 3. The Hall–Kier alpha value is -3.11. The van der Waals surface area contributed by atoms with E-state index in [1.165, 1.54) is 17.7 Å². The van der Waals surface area contributed by atoms with Crippen LogP contribution in [0.5, 0.6) is 0 Å². The average Bonchev–Trinajstić information content (AvgIpc) is 3.55. The van der Waals surface area contributed by atoms with Crippen molar-refractivity contribution in [2.24, 2.45) is 0 Å². The number of carbonyl (C=O) groups is 3. The van der Waals surface area contributed by atoms with Gasteiger partial charge in [-0.15, -0.1) is 5.06 Å². The van der Waals surface area contributed by atoms with Crippen LogP contribution in [0.2, 0.25) is 0 Å². The first kappa shape index (κ1) is 38.7. The fraction of sp³-hybridized carbons (Fsp3) is 0.405. The van der Waals surface area contributed by atoms with E-state index in [1.54, 1.807) is 6.07 Å². The van der Waals surface area contributed by atoms with Gasteiger partial charge >= 0.3 is 35.5 Å². The zero-order valence-corrected chi connectivity index (χ0v) is 32.1. The molecule has 2 aromatic carbocycles. The van der Waals surface area contributed by atoms with Crippen molar-refractivity contribution in [2.45, 2.75) is 84.0 Å². The zero-order chi connectivity index (χ0) is 34.9. The minimum absolute atomic E-state index is 0. The molecule has 0 radical (unpaired) electrons. The number of para-hydroxylation sites is 1. The molecule has 5 rings (SSSR count). The van der Waals surface area contributed by atoms with Crippen molar-refractivity contribution in [3.05, 3.63) is 89.7 Å². The fourth-order valence-electron chi connectivity index (χ4n) is 6.94. The van der Waals surface area contributed by atoms with Crippen LogP contribution in [0.15, 0.2) is 78.5 Å². The average molecular weight is 696 g/mol. The minimum Gasteiger partial charge on any atom is -0.807 e. The van der Waals surface area contributed by atoms with E-state index in [-0.39, 0.29) is 59.5 Å². The van der Waals surface area contributed by atoms with Crippen LogP contribution in [0.3, 0.4) is 0 Å². The van der Waals surface area contributed by atoms with Crippen LogP contribution in [-0.2, 0) is 34.6 Å². The van der Waals surface area contributed by atoms with Gasteiger partial charge in [0.2, 0.25) is 5.69 Å². The SMILES string of the molecule is CCN1\C(=C/C=C/C=C/C2=[N+](CCCCCC(=O)ON3C(=O)CCC3=O)c3ccccc3C2(C)C)C(C)(C)c2cc(P(=O)([O-])[O-])ccc21.[Na+]. The van der Waals surface area contributed by atoms with Crippen LogP contribution >= 0.6 is 7.60 Å². The molecule has 3 aliphatic rings. The van der Waals surface area contributed by atoms with Crippen molar-refractivity contribution in [3.8, 4) is 0 Å². The van der Waals surface area contributed by atoms with Crippen LogP contribution in [0, 0.1) is 0 Å². The molecule has 10 nitrogen and oxygen atoms in total. The molecule has 0 aromatic heterocycles. The van der Waals surface area contributed by atoms with Crippen LogP contribution < -0.4 is 49.5 Å². The number of fused-ring (bicyclic) bond motifs is 2. The summed E-state index contributed by atoms with van der Waals surface area (Å²) in [6.07, 6.45) is 12.6. The largest absolute Gasteiger partial charge is 1.00 e. The molecule has 0 saturated carbocycles. The maximum absolute atomic E-state index is 12.2. The predicted molar refractivity (Wildman–Crippen MR) is 181 cm³/mol. The smallest absolute Gasteiger partial charge is 0.807 e. The molecule has 0 N–H and O–H groups in total. The number of likely N-dealkylation sites (N-methyl/N-ethyl adjacent to an activating group) is 1. The number of unbranched alkanes of at least 4 members (excludes halogenated alkanes) is 2. The summed E-state index contributed by atoms with van der Waals surface area (Å²) in [5, 5.41) is 0.403. The van der Waals surface area contributed by atoms with Crippen LogP contribution in [0.25, 0.3) is 0 Å². The molecule has 1 fully saturated rings. The van der Waals surface area contributed by atoms with E-state index in [9.17, 15) is 28.7 Å². The summed E-state index contributed by atoms with van der Waals surface area (Å²) in [6.45, 7) is 12.0. The monoisotopic (exact) mass is 695 g/mol. The number of hydrogen-bond donors (Lipinski definition) is 0. The van der Waals surface area contributed by atoms with Gasteiger partial charge in [-0.05, 0) is 70.3 Å². The summed E-state index contributed by atoms with van der Waals surface area (Å²) >= 11 is 0. The number of anilines is 1.